The molecule has 1 fully saturated rings. The first-order valence-electron chi connectivity index (χ1n) is 8.13. The van der Waals surface area contributed by atoms with Crippen LogP contribution in [0, 0.1) is 5.82 Å². The van der Waals surface area contributed by atoms with Gasteiger partial charge in [-0.2, -0.15) is 4.68 Å². The molecule has 0 unspecified atom stereocenters. The van der Waals surface area contributed by atoms with Gasteiger partial charge in [-0.25, -0.2) is 4.39 Å². The number of rotatable bonds is 4. The van der Waals surface area contributed by atoms with Crippen molar-refractivity contribution < 1.29 is 4.39 Å². The largest absolute Gasteiger partial charge is 0.289 e. The molecule has 0 radical (unpaired) electrons. The average Bonchev–Trinajstić information content (AvgIpc) is 3.26. The summed E-state index contributed by atoms with van der Waals surface area (Å²) in [4.78, 5) is 2.36. The van der Waals surface area contributed by atoms with Gasteiger partial charge in [-0.15, -0.1) is 5.10 Å². The number of tetrazole rings is 1. The lowest BCUT2D eigenvalue weighted by Gasteiger charge is -2.24. The van der Waals surface area contributed by atoms with Crippen molar-refractivity contribution in [2.24, 2.45) is 0 Å². The van der Waals surface area contributed by atoms with E-state index in [0.29, 0.717) is 6.54 Å². The number of halogens is 1. The zero-order valence-corrected chi connectivity index (χ0v) is 13.2. The highest BCUT2D eigenvalue weighted by atomic mass is 19.1. The maximum Gasteiger partial charge on any atom is 0.170 e. The van der Waals surface area contributed by atoms with E-state index in [4.69, 9.17) is 0 Å². The maximum absolute atomic E-state index is 13.2. The third kappa shape index (κ3) is 2.92. The van der Waals surface area contributed by atoms with Gasteiger partial charge in [0.15, 0.2) is 5.82 Å². The molecule has 2 heterocycles. The van der Waals surface area contributed by atoms with Crippen LogP contribution in [0.15, 0.2) is 54.6 Å². The van der Waals surface area contributed by atoms with Crippen molar-refractivity contribution in [3.63, 3.8) is 0 Å². The van der Waals surface area contributed by atoms with Crippen LogP contribution in [0.4, 0.5) is 4.39 Å². The van der Waals surface area contributed by atoms with Crippen LogP contribution in [-0.4, -0.2) is 31.7 Å². The Hall–Kier alpha value is -2.60. The van der Waals surface area contributed by atoms with Gasteiger partial charge in [0.25, 0.3) is 0 Å². The van der Waals surface area contributed by atoms with E-state index in [9.17, 15) is 4.39 Å². The summed E-state index contributed by atoms with van der Waals surface area (Å²) in [5.74, 6) is 0.617. The number of hydrogen-bond acceptors (Lipinski definition) is 4. The summed E-state index contributed by atoms with van der Waals surface area (Å²) in [7, 11) is 0. The molecular formula is C18H18FN5. The highest BCUT2D eigenvalue weighted by Gasteiger charge is 2.27. The minimum absolute atomic E-state index is 0.198. The second kappa shape index (κ2) is 6.49. The molecule has 3 aromatic rings. The van der Waals surface area contributed by atoms with Gasteiger partial charge in [0, 0.05) is 6.04 Å². The molecule has 5 nitrogen and oxygen atoms in total. The van der Waals surface area contributed by atoms with E-state index in [1.54, 1.807) is 4.68 Å². The molecule has 2 aromatic carbocycles. The number of nitrogens with zero attached hydrogens (tertiary/aromatic N) is 5. The number of aromatic nitrogens is 4. The fraction of sp³-hybridized carbons (Fsp3) is 0.278. The van der Waals surface area contributed by atoms with Crippen molar-refractivity contribution in [2.45, 2.75) is 25.4 Å². The number of hydrogen-bond donors (Lipinski definition) is 0. The molecule has 0 aliphatic carbocycles. The van der Waals surface area contributed by atoms with Gasteiger partial charge in [-0.3, -0.25) is 4.90 Å². The molecule has 4 rings (SSSR count). The summed E-state index contributed by atoms with van der Waals surface area (Å²) in [5.41, 5.74) is 2.10. The van der Waals surface area contributed by atoms with Gasteiger partial charge < -0.3 is 0 Å². The third-order valence-corrected chi connectivity index (χ3v) is 4.50. The van der Waals surface area contributed by atoms with Crippen LogP contribution in [0.3, 0.4) is 0 Å². The standard InChI is InChI=1S/C18H18FN5/c19-15-10-8-14(9-11-15)17-7-4-12-23(17)13-18-20-21-22-24(18)16-5-2-1-3-6-16/h1-3,5-6,8-11,17H,4,7,12-13H2/t17-/m0/s1. The van der Waals surface area contributed by atoms with Crippen molar-refractivity contribution in [3.8, 4) is 5.69 Å². The molecule has 0 spiro atoms. The summed E-state index contributed by atoms with van der Waals surface area (Å²) in [6.07, 6.45) is 2.19. The molecule has 1 aliphatic rings. The monoisotopic (exact) mass is 323 g/mol. The highest BCUT2D eigenvalue weighted by molar-refractivity contribution is 5.30. The molecule has 6 heteroatoms. The van der Waals surface area contributed by atoms with Crippen LogP contribution >= 0.6 is 0 Å². The van der Waals surface area contributed by atoms with E-state index in [1.807, 2.05) is 42.5 Å². The lowest BCUT2D eigenvalue weighted by molar-refractivity contribution is 0.240. The minimum Gasteiger partial charge on any atom is -0.289 e. The summed E-state index contributed by atoms with van der Waals surface area (Å²) in [5, 5.41) is 12.2. The topological polar surface area (TPSA) is 46.8 Å². The van der Waals surface area contributed by atoms with E-state index >= 15 is 0 Å². The quantitative estimate of drug-likeness (QED) is 0.740. The second-order valence-electron chi connectivity index (χ2n) is 6.02. The summed E-state index contributed by atoms with van der Waals surface area (Å²) >= 11 is 0. The summed E-state index contributed by atoms with van der Waals surface area (Å²) in [6.45, 7) is 1.66. The lowest BCUT2D eigenvalue weighted by Crippen LogP contribution is -2.24. The average molecular weight is 323 g/mol. The normalized spacial score (nSPS) is 18.1. The summed E-state index contributed by atoms with van der Waals surface area (Å²) < 4.78 is 15.0. The minimum atomic E-state index is -0.198. The van der Waals surface area contributed by atoms with Crippen LogP contribution in [0.25, 0.3) is 5.69 Å². The first kappa shape index (κ1) is 15.0. The molecule has 0 amide bonds. The fourth-order valence-electron chi connectivity index (χ4n) is 3.33. The van der Waals surface area contributed by atoms with Gasteiger partial charge in [-0.1, -0.05) is 30.3 Å². The Morgan fingerprint density at radius 3 is 2.62 bits per heavy atom. The van der Waals surface area contributed by atoms with Gasteiger partial charge in [0.05, 0.1) is 12.2 Å². The highest BCUT2D eigenvalue weighted by Crippen LogP contribution is 2.33. The molecule has 122 valence electrons. The van der Waals surface area contributed by atoms with Crippen LogP contribution in [-0.2, 0) is 6.54 Å². The molecule has 1 atom stereocenters. The molecule has 24 heavy (non-hydrogen) atoms. The molecule has 1 saturated heterocycles. The van der Waals surface area contributed by atoms with Crippen molar-refractivity contribution in [1.82, 2.24) is 25.1 Å². The Bertz CT molecular complexity index is 800. The molecule has 1 aliphatic heterocycles. The fourth-order valence-corrected chi connectivity index (χ4v) is 3.33. The molecule has 0 saturated carbocycles. The number of benzene rings is 2. The van der Waals surface area contributed by atoms with Crippen LogP contribution in [0.5, 0.6) is 0 Å². The van der Waals surface area contributed by atoms with E-state index in [2.05, 4.69) is 20.4 Å². The van der Waals surface area contributed by atoms with Crippen molar-refractivity contribution in [3.05, 3.63) is 71.8 Å². The maximum atomic E-state index is 13.2. The Balaban J connectivity index is 1.57. The third-order valence-electron chi connectivity index (χ3n) is 4.50. The molecular weight excluding hydrogens is 305 g/mol. The first-order chi connectivity index (χ1) is 11.8. The van der Waals surface area contributed by atoms with E-state index < -0.39 is 0 Å². The van der Waals surface area contributed by atoms with E-state index in [-0.39, 0.29) is 11.9 Å². The Labute approximate surface area is 139 Å². The zero-order chi connectivity index (χ0) is 16.4. The van der Waals surface area contributed by atoms with Crippen molar-refractivity contribution in [2.75, 3.05) is 6.54 Å². The Kier molecular flexibility index (Phi) is 4.04. The Morgan fingerprint density at radius 1 is 1.04 bits per heavy atom. The first-order valence-corrected chi connectivity index (χ1v) is 8.13. The summed E-state index contributed by atoms with van der Waals surface area (Å²) in [6, 6.07) is 17.0. The predicted molar refractivity (Wildman–Crippen MR) is 87.9 cm³/mol. The van der Waals surface area contributed by atoms with Crippen LogP contribution in [0.1, 0.15) is 30.3 Å². The van der Waals surface area contributed by atoms with Gasteiger partial charge >= 0.3 is 0 Å². The smallest absolute Gasteiger partial charge is 0.170 e. The van der Waals surface area contributed by atoms with Crippen molar-refractivity contribution in [1.29, 1.82) is 0 Å². The molecule has 1 aromatic heterocycles. The van der Waals surface area contributed by atoms with Gasteiger partial charge in [-0.05, 0) is 59.6 Å². The second-order valence-corrected chi connectivity index (χ2v) is 6.02. The number of likely N-dealkylation sites (tertiary alicyclic amines) is 1. The van der Waals surface area contributed by atoms with E-state index in [0.717, 1.165) is 36.5 Å². The molecule has 0 N–H and O–H groups in total. The lowest BCUT2D eigenvalue weighted by atomic mass is 10.0. The SMILES string of the molecule is Fc1ccc([C@@H]2CCCN2Cc2nnnn2-c2ccccc2)cc1. The van der Waals surface area contributed by atoms with E-state index in [1.165, 1.54) is 12.1 Å². The number of para-hydroxylation sites is 1. The predicted octanol–water partition coefficient (Wildman–Crippen LogP) is 3.14. The van der Waals surface area contributed by atoms with Gasteiger partial charge in [0.1, 0.15) is 5.82 Å². The Morgan fingerprint density at radius 2 is 1.83 bits per heavy atom. The van der Waals surface area contributed by atoms with Crippen LogP contribution in [0.2, 0.25) is 0 Å². The van der Waals surface area contributed by atoms with Gasteiger partial charge in [0.2, 0.25) is 0 Å². The van der Waals surface area contributed by atoms with Crippen molar-refractivity contribution >= 4 is 0 Å². The van der Waals surface area contributed by atoms with Crippen LogP contribution < -0.4 is 0 Å². The zero-order valence-electron chi connectivity index (χ0n) is 13.2. The molecule has 0 bridgehead atoms.